The van der Waals surface area contributed by atoms with Gasteiger partial charge in [0.2, 0.25) is 5.91 Å². The summed E-state index contributed by atoms with van der Waals surface area (Å²) in [5.41, 5.74) is 1.64. The van der Waals surface area contributed by atoms with Gasteiger partial charge in [-0.1, -0.05) is 11.6 Å². The third kappa shape index (κ3) is 4.55. The molecule has 0 fully saturated rings. The zero-order chi connectivity index (χ0) is 13.5. The van der Waals surface area contributed by atoms with Gasteiger partial charge in [-0.15, -0.1) is 0 Å². The molecule has 5 heteroatoms. The number of hydrogen-bond donors (Lipinski definition) is 1. The lowest BCUT2D eigenvalue weighted by atomic mass is 10.2. The Bertz CT molecular complexity index is 408. The van der Waals surface area contributed by atoms with Gasteiger partial charge >= 0.3 is 0 Å². The lowest BCUT2D eigenvalue weighted by molar-refractivity contribution is -0.117. The summed E-state index contributed by atoms with van der Waals surface area (Å²) < 4.78 is 5.15. The molecule has 0 aliphatic heterocycles. The minimum atomic E-state index is -0.0752. The summed E-state index contributed by atoms with van der Waals surface area (Å²) in [6.07, 6.45) is 0.340. The predicted octanol–water partition coefficient (Wildman–Crippen LogP) is 2.77. The van der Waals surface area contributed by atoms with Crippen LogP contribution in [0.25, 0.3) is 0 Å². The van der Waals surface area contributed by atoms with Crippen LogP contribution in [-0.2, 0) is 9.53 Å². The van der Waals surface area contributed by atoms with Crippen molar-refractivity contribution in [1.29, 1.82) is 0 Å². The van der Waals surface area contributed by atoms with Gasteiger partial charge < -0.3 is 15.0 Å². The lowest BCUT2D eigenvalue weighted by Crippen LogP contribution is -2.17. The van der Waals surface area contributed by atoms with Crippen LogP contribution in [0.2, 0.25) is 5.02 Å². The second-order valence-corrected chi connectivity index (χ2v) is 4.49. The maximum Gasteiger partial charge on any atom is 0.226 e. The Kier molecular flexibility index (Phi) is 5.95. The zero-order valence-corrected chi connectivity index (χ0v) is 11.8. The highest BCUT2D eigenvalue weighted by molar-refractivity contribution is 6.31. The molecule has 0 radical (unpaired) electrons. The minimum absolute atomic E-state index is 0.0752. The molecule has 0 saturated carbocycles. The Morgan fingerprint density at radius 1 is 1.44 bits per heavy atom. The normalized spacial score (nSPS) is 10.2. The number of anilines is 2. The number of carbonyl (C=O) groups is 1. The number of amides is 1. The van der Waals surface area contributed by atoms with Crippen molar-refractivity contribution in [2.75, 3.05) is 37.5 Å². The molecule has 0 atom stereocenters. The molecule has 18 heavy (non-hydrogen) atoms. The molecule has 0 unspecified atom stereocenters. The van der Waals surface area contributed by atoms with Crippen LogP contribution in [0.4, 0.5) is 11.4 Å². The number of nitrogens with zero attached hydrogens (tertiary/aromatic N) is 1. The molecule has 4 nitrogen and oxygen atoms in total. The van der Waals surface area contributed by atoms with E-state index < -0.39 is 0 Å². The molecule has 0 aromatic heterocycles. The molecular weight excluding hydrogens is 252 g/mol. The fourth-order valence-corrected chi connectivity index (χ4v) is 1.69. The van der Waals surface area contributed by atoms with Gasteiger partial charge in [0.25, 0.3) is 0 Å². The highest BCUT2D eigenvalue weighted by atomic mass is 35.5. The monoisotopic (exact) mass is 270 g/mol. The highest BCUT2D eigenvalue weighted by Crippen LogP contribution is 2.27. The molecule has 1 N–H and O–H groups in total. The highest BCUT2D eigenvalue weighted by Gasteiger charge is 2.09. The van der Waals surface area contributed by atoms with Crippen molar-refractivity contribution in [2.45, 2.75) is 13.3 Å². The minimum Gasteiger partial charge on any atom is -0.381 e. The Morgan fingerprint density at radius 3 is 2.78 bits per heavy atom. The lowest BCUT2D eigenvalue weighted by Gasteiger charge is -2.18. The molecule has 0 heterocycles. The smallest absolute Gasteiger partial charge is 0.226 e. The van der Waals surface area contributed by atoms with E-state index in [-0.39, 0.29) is 5.91 Å². The molecule has 0 spiro atoms. The average molecular weight is 271 g/mol. The molecule has 1 aromatic rings. The van der Waals surface area contributed by atoms with E-state index in [0.717, 1.165) is 5.69 Å². The van der Waals surface area contributed by atoms with Gasteiger partial charge in [-0.2, -0.15) is 0 Å². The van der Waals surface area contributed by atoms with Gasteiger partial charge in [0, 0.05) is 25.7 Å². The van der Waals surface area contributed by atoms with Crippen LogP contribution in [0.5, 0.6) is 0 Å². The summed E-state index contributed by atoms with van der Waals surface area (Å²) in [6.45, 7) is 2.95. The van der Waals surface area contributed by atoms with Gasteiger partial charge in [-0.3, -0.25) is 4.79 Å². The summed E-state index contributed by atoms with van der Waals surface area (Å²) in [5.74, 6) is -0.0752. The Morgan fingerprint density at radius 2 is 2.17 bits per heavy atom. The van der Waals surface area contributed by atoms with Gasteiger partial charge in [0.05, 0.1) is 24.4 Å². The number of halogens is 1. The Balaban J connectivity index is 2.70. The number of nitrogens with one attached hydrogen (secondary N) is 1. The van der Waals surface area contributed by atoms with Crippen LogP contribution in [0.3, 0.4) is 0 Å². The Hall–Kier alpha value is -1.26. The van der Waals surface area contributed by atoms with Crippen molar-refractivity contribution < 1.29 is 9.53 Å². The molecule has 0 bridgehead atoms. The molecule has 1 rings (SSSR count). The largest absolute Gasteiger partial charge is 0.381 e. The quantitative estimate of drug-likeness (QED) is 0.808. The summed E-state index contributed by atoms with van der Waals surface area (Å²) in [4.78, 5) is 13.6. The second kappa shape index (κ2) is 7.24. The number of rotatable bonds is 6. The number of carbonyl (C=O) groups excluding carboxylic acids is 1. The predicted molar refractivity (Wildman–Crippen MR) is 75.5 cm³/mol. The summed E-state index contributed by atoms with van der Waals surface area (Å²) in [6, 6.07) is 5.42. The molecule has 1 amide bonds. The van der Waals surface area contributed by atoms with Crippen molar-refractivity contribution in [2.24, 2.45) is 0 Å². The number of benzene rings is 1. The van der Waals surface area contributed by atoms with Crippen LogP contribution in [0.1, 0.15) is 13.3 Å². The van der Waals surface area contributed by atoms with Crippen molar-refractivity contribution in [3.8, 4) is 0 Å². The first-order valence-electron chi connectivity index (χ1n) is 5.89. The van der Waals surface area contributed by atoms with Gasteiger partial charge in [-0.05, 0) is 25.1 Å². The average Bonchev–Trinajstić information content (AvgIpc) is 2.29. The topological polar surface area (TPSA) is 41.6 Å². The molecule has 0 aliphatic rings. The second-order valence-electron chi connectivity index (χ2n) is 4.05. The molecule has 0 saturated heterocycles. The fraction of sp³-hybridized carbons (Fsp3) is 0.462. The van der Waals surface area contributed by atoms with E-state index in [1.807, 2.05) is 32.0 Å². The van der Waals surface area contributed by atoms with Crippen molar-refractivity contribution in [3.63, 3.8) is 0 Å². The van der Waals surface area contributed by atoms with Gasteiger partial charge in [-0.25, -0.2) is 0 Å². The summed E-state index contributed by atoms with van der Waals surface area (Å²) >= 11 is 5.94. The van der Waals surface area contributed by atoms with E-state index in [0.29, 0.717) is 30.3 Å². The summed E-state index contributed by atoms with van der Waals surface area (Å²) in [5, 5.41) is 3.44. The van der Waals surface area contributed by atoms with Gasteiger partial charge in [0.1, 0.15) is 0 Å². The van der Waals surface area contributed by atoms with Crippen LogP contribution in [-0.4, -0.2) is 33.2 Å². The summed E-state index contributed by atoms with van der Waals surface area (Å²) in [7, 11) is 3.83. The van der Waals surface area contributed by atoms with E-state index in [9.17, 15) is 4.79 Å². The SMILES string of the molecule is CCOCCC(=O)Nc1cc(Cl)ccc1N(C)C. The zero-order valence-electron chi connectivity index (χ0n) is 11.0. The number of hydrogen-bond acceptors (Lipinski definition) is 3. The molecular formula is C13H19ClN2O2. The van der Waals surface area contributed by atoms with E-state index in [1.54, 1.807) is 12.1 Å². The van der Waals surface area contributed by atoms with E-state index in [4.69, 9.17) is 16.3 Å². The maximum absolute atomic E-state index is 11.7. The van der Waals surface area contributed by atoms with Gasteiger partial charge in [0.15, 0.2) is 0 Å². The Labute approximate surface area is 113 Å². The number of ether oxygens (including phenoxy) is 1. The van der Waals surface area contributed by atoms with Crippen LogP contribution >= 0.6 is 11.6 Å². The standard InChI is InChI=1S/C13H19ClN2O2/c1-4-18-8-7-13(17)15-11-9-10(14)5-6-12(11)16(2)3/h5-6,9H,4,7-8H2,1-3H3,(H,15,17). The van der Waals surface area contributed by atoms with Crippen molar-refractivity contribution >= 4 is 28.9 Å². The van der Waals surface area contributed by atoms with Crippen LogP contribution in [0, 0.1) is 0 Å². The maximum atomic E-state index is 11.7. The van der Waals surface area contributed by atoms with E-state index in [1.165, 1.54) is 0 Å². The van der Waals surface area contributed by atoms with Crippen molar-refractivity contribution in [1.82, 2.24) is 0 Å². The molecule has 1 aromatic carbocycles. The van der Waals surface area contributed by atoms with Crippen LogP contribution < -0.4 is 10.2 Å². The molecule has 100 valence electrons. The first-order valence-corrected chi connectivity index (χ1v) is 6.27. The van der Waals surface area contributed by atoms with Crippen LogP contribution in [0.15, 0.2) is 18.2 Å². The first kappa shape index (κ1) is 14.8. The third-order valence-electron chi connectivity index (χ3n) is 2.39. The first-order chi connectivity index (χ1) is 8.54. The molecule has 0 aliphatic carbocycles. The van der Waals surface area contributed by atoms with Crippen molar-refractivity contribution in [3.05, 3.63) is 23.2 Å². The fourth-order valence-electron chi connectivity index (χ4n) is 1.52. The third-order valence-corrected chi connectivity index (χ3v) is 2.63. The van der Waals surface area contributed by atoms with E-state index in [2.05, 4.69) is 5.32 Å². The van der Waals surface area contributed by atoms with E-state index >= 15 is 0 Å².